The third kappa shape index (κ3) is 18.7. The maximum atomic E-state index is 12.8. The van der Waals surface area contributed by atoms with Gasteiger partial charge in [0.25, 0.3) is 0 Å². The Kier molecular flexibility index (Phi) is 24.7. The fourth-order valence-corrected chi connectivity index (χ4v) is 5.75. The minimum absolute atomic E-state index is 0.134. The van der Waals surface area contributed by atoms with Crippen LogP contribution in [0.25, 0.3) is 0 Å². The molecule has 1 aliphatic heterocycles. The van der Waals surface area contributed by atoms with Crippen LogP contribution in [0.3, 0.4) is 0 Å². The molecule has 43 heavy (non-hydrogen) atoms. The van der Waals surface area contributed by atoms with Crippen LogP contribution in [-0.4, -0.2) is 87.5 Å². The fourth-order valence-electron chi connectivity index (χ4n) is 5.75. The van der Waals surface area contributed by atoms with Crippen molar-refractivity contribution in [1.82, 2.24) is 5.32 Å². The molecule has 0 aromatic rings. The molecule has 1 amide bonds. The maximum absolute atomic E-state index is 12.8. The van der Waals surface area contributed by atoms with Gasteiger partial charge in [-0.15, -0.1) is 0 Å². The highest BCUT2D eigenvalue weighted by atomic mass is 16.7. The Labute approximate surface area is 262 Å². The molecule has 0 aromatic heterocycles. The zero-order valence-corrected chi connectivity index (χ0v) is 27.5. The topological polar surface area (TPSA) is 149 Å². The maximum Gasteiger partial charge on any atom is 0.220 e. The van der Waals surface area contributed by atoms with Gasteiger partial charge in [0, 0.05) is 6.42 Å². The number of aliphatic hydroxyl groups excluding tert-OH is 5. The molecule has 9 nitrogen and oxygen atoms in total. The second-order valence-electron chi connectivity index (χ2n) is 12.7. The molecule has 1 heterocycles. The average molecular weight is 618 g/mol. The second-order valence-corrected chi connectivity index (χ2v) is 12.7. The zero-order chi connectivity index (χ0) is 31.7. The molecule has 0 spiro atoms. The predicted octanol–water partition coefficient (Wildman–Crippen LogP) is 5.27. The first-order valence-electron chi connectivity index (χ1n) is 17.7. The Bertz CT molecular complexity index is 652. The molecule has 7 atom stereocenters. The Morgan fingerprint density at radius 2 is 1.16 bits per heavy atom. The molecule has 1 saturated heterocycles. The second kappa shape index (κ2) is 26.4. The molecule has 1 rings (SSSR count). The summed E-state index contributed by atoms with van der Waals surface area (Å²) in [5.41, 5.74) is 0. The van der Waals surface area contributed by atoms with E-state index in [0.717, 1.165) is 38.5 Å². The predicted molar refractivity (Wildman–Crippen MR) is 171 cm³/mol. The Morgan fingerprint density at radius 1 is 0.698 bits per heavy atom. The van der Waals surface area contributed by atoms with Crippen LogP contribution in [0.5, 0.6) is 0 Å². The number of unbranched alkanes of at least 4 members (excludes halogenated alkanes) is 18. The number of ether oxygens (including phenoxy) is 2. The Balaban J connectivity index is 2.47. The van der Waals surface area contributed by atoms with Gasteiger partial charge in [0.1, 0.15) is 24.4 Å². The molecular formula is C34H67NO8. The molecule has 6 N–H and O–H groups in total. The molecule has 0 bridgehead atoms. The third-order valence-electron chi connectivity index (χ3n) is 8.71. The summed E-state index contributed by atoms with van der Waals surface area (Å²) in [7, 11) is 0. The largest absolute Gasteiger partial charge is 0.394 e. The van der Waals surface area contributed by atoms with E-state index in [2.05, 4.69) is 19.2 Å². The standard InChI is InChI=1S/C34H67NO8/c1-3-5-7-9-11-13-15-17-19-21-23-28(37)27(26-42-34-33(41)32(40)31(39)29(25-36)43-34)35-30(38)24-22-20-18-16-14-12-10-8-6-4-2/h27-29,31-34,36-37,39-41H,3-26H2,1-2H3,(H,35,38). The van der Waals surface area contributed by atoms with Gasteiger partial charge in [0.2, 0.25) is 5.91 Å². The van der Waals surface area contributed by atoms with E-state index in [-0.39, 0.29) is 12.5 Å². The van der Waals surface area contributed by atoms with Gasteiger partial charge in [-0.3, -0.25) is 4.79 Å². The summed E-state index contributed by atoms with van der Waals surface area (Å²) < 4.78 is 11.2. The smallest absolute Gasteiger partial charge is 0.220 e. The molecule has 1 fully saturated rings. The Hall–Kier alpha value is -0.810. The van der Waals surface area contributed by atoms with Crippen molar-refractivity contribution in [3.05, 3.63) is 0 Å². The van der Waals surface area contributed by atoms with Crippen LogP contribution in [0, 0.1) is 0 Å². The van der Waals surface area contributed by atoms with Crippen molar-refractivity contribution in [3.63, 3.8) is 0 Å². The molecule has 7 unspecified atom stereocenters. The lowest BCUT2D eigenvalue weighted by Crippen LogP contribution is -2.60. The van der Waals surface area contributed by atoms with Crippen LogP contribution in [0.4, 0.5) is 0 Å². The lowest BCUT2D eigenvalue weighted by molar-refractivity contribution is -0.302. The van der Waals surface area contributed by atoms with Gasteiger partial charge in [0.15, 0.2) is 6.29 Å². The first kappa shape index (κ1) is 40.2. The van der Waals surface area contributed by atoms with E-state index >= 15 is 0 Å². The van der Waals surface area contributed by atoms with Gasteiger partial charge < -0.3 is 40.3 Å². The van der Waals surface area contributed by atoms with Crippen LogP contribution >= 0.6 is 0 Å². The number of rotatable bonds is 28. The number of hydrogen-bond acceptors (Lipinski definition) is 8. The van der Waals surface area contributed by atoms with Crippen molar-refractivity contribution in [2.24, 2.45) is 0 Å². The fraction of sp³-hybridized carbons (Fsp3) is 0.971. The van der Waals surface area contributed by atoms with Crippen molar-refractivity contribution < 1.29 is 39.8 Å². The van der Waals surface area contributed by atoms with E-state index < -0.39 is 49.5 Å². The van der Waals surface area contributed by atoms with E-state index in [9.17, 15) is 30.3 Å². The number of carbonyl (C=O) groups is 1. The summed E-state index contributed by atoms with van der Waals surface area (Å²) in [4.78, 5) is 12.8. The van der Waals surface area contributed by atoms with Gasteiger partial charge >= 0.3 is 0 Å². The monoisotopic (exact) mass is 617 g/mol. The first-order valence-corrected chi connectivity index (χ1v) is 17.7. The lowest BCUT2D eigenvalue weighted by Gasteiger charge is -2.40. The van der Waals surface area contributed by atoms with Crippen LogP contribution in [0.15, 0.2) is 0 Å². The van der Waals surface area contributed by atoms with Crippen molar-refractivity contribution in [1.29, 1.82) is 0 Å². The molecule has 0 radical (unpaired) electrons. The van der Waals surface area contributed by atoms with Gasteiger partial charge in [-0.2, -0.15) is 0 Å². The highest BCUT2D eigenvalue weighted by Crippen LogP contribution is 2.23. The summed E-state index contributed by atoms with van der Waals surface area (Å²) >= 11 is 0. The highest BCUT2D eigenvalue weighted by Gasteiger charge is 2.44. The summed E-state index contributed by atoms with van der Waals surface area (Å²) in [5, 5.41) is 53.8. The first-order chi connectivity index (χ1) is 20.8. The van der Waals surface area contributed by atoms with Gasteiger partial charge in [-0.25, -0.2) is 0 Å². The quantitative estimate of drug-likeness (QED) is 0.0651. The van der Waals surface area contributed by atoms with E-state index in [1.165, 1.54) is 89.9 Å². The van der Waals surface area contributed by atoms with E-state index in [0.29, 0.717) is 12.8 Å². The summed E-state index contributed by atoms with van der Waals surface area (Å²) in [6, 6.07) is -0.707. The SMILES string of the molecule is CCCCCCCCCCCCC(=O)NC(COC1OC(CO)C(O)C(O)C1O)C(O)CCCCCCCCCCCC. The third-order valence-corrected chi connectivity index (χ3v) is 8.71. The van der Waals surface area contributed by atoms with Gasteiger partial charge in [0.05, 0.1) is 25.4 Å². The molecule has 1 aliphatic rings. The van der Waals surface area contributed by atoms with E-state index in [1.54, 1.807) is 0 Å². The minimum Gasteiger partial charge on any atom is -0.394 e. The normalized spacial score (nSPS) is 23.7. The number of amides is 1. The van der Waals surface area contributed by atoms with E-state index in [1.807, 2.05) is 0 Å². The van der Waals surface area contributed by atoms with Crippen LogP contribution in [0.1, 0.15) is 155 Å². The number of aliphatic hydroxyl groups is 5. The average Bonchev–Trinajstić information content (AvgIpc) is 3.00. The van der Waals surface area contributed by atoms with Crippen LogP contribution in [0.2, 0.25) is 0 Å². The summed E-state index contributed by atoms with van der Waals surface area (Å²) in [6.07, 6.45) is 16.9. The molecule has 0 saturated carbocycles. The van der Waals surface area contributed by atoms with Crippen LogP contribution in [-0.2, 0) is 14.3 Å². The number of hydrogen-bond donors (Lipinski definition) is 6. The lowest BCUT2D eigenvalue weighted by atomic mass is 9.99. The number of nitrogens with one attached hydrogen (secondary N) is 1. The van der Waals surface area contributed by atoms with E-state index in [4.69, 9.17) is 9.47 Å². The van der Waals surface area contributed by atoms with Crippen molar-refractivity contribution in [3.8, 4) is 0 Å². The molecular weight excluding hydrogens is 550 g/mol. The van der Waals surface area contributed by atoms with Crippen molar-refractivity contribution >= 4 is 5.91 Å². The highest BCUT2D eigenvalue weighted by molar-refractivity contribution is 5.76. The van der Waals surface area contributed by atoms with Crippen molar-refractivity contribution in [2.75, 3.05) is 13.2 Å². The zero-order valence-electron chi connectivity index (χ0n) is 27.5. The molecule has 0 aliphatic carbocycles. The summed E-state index contributed by atoms with van der Waals surface area (Å²) in [6.45, 7) is 3.77. The van der Waals surface area contributed by atoms with Crippen molar-refractivity contribution in [2.45, 2.75) is 198 Å². The molecule has 0 aromatic carbocycles. The summed E-state index contributed by atoms with van der Waals surface area (Å²) in [5.74, 6) is -0.149. The van der Waals surface area contributed by atoms with Gasteiger partial charge in [-0.1, -0.05) is 136 Å². The van der Waals surface area contributed by atoms with Gasteiger partial charge in [-0.05, 0) is 12.8 Å². The minimum atomic E-state index is -1.54. The Morgan fingerprint density at radius 3 is 1.65 bits per heavy atom. The molecule has 9 heteroatoms. The number of carbonyl (C=O) groups excluding carboxylic acids is 1. The van der Waals surface area contributed by atoms with Crippen LogP contribution < -0.4 is 5.32 Å². The molecule has 256 valence electrons.